The molecule has 1 aromatic carbocycles. The van der Waals surface area contributed by atoms with Gasteiger partial charge in [0.15, 0.2) is 11.5 Å². The molecule has 0 aliphatic carbocycles. The molecule has 0 unspecified atom stereocenters. The SMILES string of the molecule is C=C1C[C@H]2[C@H](O)N(C(C)C)c3cc(OCCCC)c(OC)cc3C(=O)N2C1. The van der Waals surface area contributed by atoms with Gasteiger partial charge < -0.3 is 24.4 Å². The number of carbonyl (C=O) groups excluding carboxylic acids is 1. The lowest BCUT2D eigenvalue weighted by Crippen LogP contribution is -2.50. The van der Waals surface area contributed by atoms with Crippen LogP contribution in [0.2, 0.25) is 0 Å². The zero-order valence-corrected chi connectivity index (χ0v) is 16.7. The van der Waals surface area contributed by atoms with Crippen molar-refractivity contribution in [2.45, 2.75) is 58.3 Å². The van der Waals surface area contributed by atoms with Crippen molar-refractivity contribution in [3.8, 4) is 11.5 Å². The van der Waals surface area contributed by atoms with Crippen molar-refractivity contribution in [2.75, 3.05) is 25.2 Å². The maximum atomic E-state index is 13.3. The Morgan fingerprint density at radius 2 is 2.07 bits per heavy atom. The number of hydrogen-bond acceptors (Lipinski definition) is 5. The Hall–Kier alpha value is -2.21. The van der Waals surface area contributed by atoms with Gasteiger partial charge in [-0.3, -0.25) is 4.79 Å². The summed E-state index contributed by atoms with van der Waals surface area (Å²) in [6, 6.07) is 3.29. The van der Waals surface area contributed by atoms with Crippen LogP contribution >= 0.6 is 0 Å². The number of benzene rings is 1. The Kier molecular flexibility index (Phi) is 5.65. The summed E-state index contributed by atoms with van der Waals surface area (Å²) in [7, 11) is 1.57. The van der Waals surface area contributed by atoms with Gasteiger partial charge in [-0.05, 0) is 32.8 Å². The second-order valence-electron chi connectivity index (χ2n) is 7.59. The summed E-state index contributed by atoms with van der Waals surface area (Å²) in [5.74, 6) is 1.03. The fraction of sp³-hybridized carbons (Fsp3) is 0.571. The molecule has 0 saturated carbocycles. The molecule has 1 aromatic rings. The molecular formula is C21H30N2O4. The van der Waals surface area contributed by atoms with Gasteiger partial charge in [0, 0.05) is 18.7 Å². The van der Waals surface area contributed by atoms with Crippen LogP contribution in [0.1, 0.15) is 50.4 Å². The van der Waals surface area contributed by atoms with Crippen LogP contribution in [0.5, 0.6) is 11.5 Å². The lowest BCUT2D eigenvalue weighted by Gasteiger charge is -2.36. The Morgan fingerprint density at radius 1 is 1.33 bits per heavy atom. The molecule has 0 bridgehead atoms. The first-order valence-electron chi connectivity index (χ1n) is 9.67. The van der Waals surface area contributed by atoms with Crippen LogP contribution in [0.25, 0.3) is 0 Å². The molecule has 3 rings (SSSR count). The summed E-state index contributed by atoms with van der Waals surface area (Å²) in [5, 5.41) is 11.1. The number of amides is 1. The quantitative estimate of drug-likeness (QED) is 0.612. The summed E-state index contributed by atoms with van der Waals surface area (Å²) >= 11 is 0. The largest absolute Gasteiger partial charge is 0.493 e. The van der Waals surface area contributed by atoms with Crippen molar-refractivity contribution in [3.63, 3.8) is 0 Å². The van der Waals surface area contributed by atoms with E-state index in [2.05, 4.69) is 13.5 Å². The minimum Gasteiger partial charge on any atom is -0.493 e. The highest BCUT2D eigenvalue weighted by Gasteiger charge is 2.44. The third-order valence-electron chi connectivity index (χ3n) is 5.28. The lowest BCUT2D eigenvalue weighted by atomic mass is 10.1. The van der Waals surface area contributed by atoms with Crippen LogP contribution in [-0.2, 0) is 0 Å². The van der Waals surface area contributed by atoms with E-state index in [9.17, 15) is 9.90 Å². The molecule has 1 fully saturated rings. The number of hydrogen-bond donors (Lipinski definition) is 1. The molecule has 2 atom stereocenters. The fourth-order valence-electron chi connectivity index (χ4n) is 3.92. The maximum absolute atomic E-state index is 13.3. The number of aliphatic hydroxyl groups is 1. The summed E-state index contributed by atoms with van der Waals surface area (Å²) in [6.07, 6.45) is 1.78. The highest BCUT2D eigenvalue weighted by Crippen LogP contribution is 2.42. The van der Waals surface area contributed by atoms with Gasteiger partial charge in [-0.15, -0.1) is 0 Å². The number of methoxy groups -OCH3 is 1. The average molecular weight is 374 g/mol. The molecule has 1 saturated heterocycles. The van der Waals surface area contributed by atoms with Crippen LogP contribution in [0.4, 0.5) is 5.69 Å². The van der Waals surface area contributed by atoms with E-state index in [4.69, 9.17) is 9.47 Å². The van der Waals surface area contributed by atoms with Crippen molar-refractivity contribution < 1.29 is 19.4 Å². The van der Waals surface area contributed by atoms with E-state index in [0.29, 0.717) is 42.3 Å². The number of unbranched alkanes of at least 4 members (excludes halogenated alkanes) is 1. The van der Waals surface area contributed by atoms with Crippen LogP contribution < -0.4 is 14.4 Å². The van der Waals surface area contributed by atoms with Gasteiger partial charge in [-0.25, -0.2) is 0 Å². The number of carbonyl (C=O) groups is 1. The van der Waals surface area contributed by atoms with Crippen molar-refractivity contribution >= 4 is 11.6 Å². The van der Waals surface area contributed by atoms with E-state index in [1.54, 1.807) is 18.1 Å². The second-order valence-corrected chi connectivity index (χ2v) is 7.59. The molecular weight excluding hydrogens is 344 g/mol. The van der Waals surface area contributed by atoms with Crippen molar-refractivity contribution in [2.24, 2.45) is 0 Å². The summed E-state index contributed by atoms with van der Waals surface area (Å²) in [6.45, 7) is 11.2. The first-order chi connectivity index (χ1) is 12.9. The predicted octanol–water partition coefficient (Wildman–Crippen LogP) is 3.19. The first kappa shape index (κ1) is 19.5. The van der Waals surface area contributed by atoms with E-state index < -0.39 is 6.23 Å². The maximum Gasteiger partial charge on any atom is 0.256 e. The zero-order chi connectivity index (χ0) is 19.7. The van der Waals surface area contributed by atoms with E-state index in [1.807, 2.05) is 24.8 Å². The Bertz CT molecular complexity index is 731. The minimum atomic E-state index is -0.800. The van der Waals surface area contributed by atoms with Crippen LogP contribution in [0.15, 0.2) is 24.3 Å². The number of nitrogens with zero attached hydrogens (tertiary/aromatic N) is 2. The van der Waals surface area contributed by atoms with E-state index in [-0.39, 0.29) is 18.0 Å². The van der Waals surface area contributed by atoms with Gasteiger partial charge in [0.05, 0.1) is 31.0 Å². The standard InChI is InChI=1S/C21H30N2O4/c1-6-7-8-27-19-11-16-15(10-18(19)26-5)20(24)22-12-14(4)9-17(22)21(25)23(16)13(2)3/h10-11,13,17,21,25H,4,6-9,12H2,1-3,5H3/t17-,21-/m0/s1. The first-order valence-corrected chi connectivity index (χ1v) is 9.67. The third-order valence-corrected chi connectivity index (χ3v) is 5.28. The highest BCUT2D eigenvalue weighted by atomic mass is 16.5. The Labute approximate surface area is 161 Å². The topological polar surface area (TPSA) is 62.2 Å². The van der Waals surface area contributed by atoms with Gasteiger partial charge >= 0.3 is 0 Å². The summed E-state index contributed by atoms with van der Waals surface area (Å²) in [5.41, 5.74) is 2.18. The molecule has 0 spiro atoms. The fourth-order valence-corrected chi connectivity index (χ4v) is 3.92. The molecule has 6 nitrogen and oxygen atoms in total. The molecule has 2 aliphatic heterocycles. The molecule has 2 aliphatic rings. The Balaban J connectivity index is 2.11. The molecule has 27 heavy (non-hydrogen) atoms. The number of fused-ring (bicyclic) bond motifs is 2. The molecule has 6 heteroatoms. The molecule has 0 radical (unpaired) electrons. The monoisotopic (exact) mass is 374 g/mol. The van der Waals surface area contributed by atoms with Gasteiger partial charge in [0.1, 0.15) is 6.23 Å². The van der Waals surface area contributed by atoms with Crippen molar-refractivity contribution in [1.82, 2.24) is 4.90 Å². The number of aliphatic hydroxyl groups excluding tert-OH is 1. The van der Waals surface area contributed by atoms with Crippen LogP contribution in [-0.4, -0.2) is 54.5 Å². The van der Waals surface area contributed by atoms with Gasteiger partial charge in [0.25, 0.3) is 5.91 Å². The summed E-state index contributed by atoms with van der Waals surface area (Å²) < 4.78 is 11.4. The van der Waals surface area contributed by atoms with Crippen molar-refractivity contribution in [1.29, 1.82) is 0 Å². The zero-order valence-electron chi connectivity index (χ0n) is 16.7. The van der Waals surface area contributed by atoms with Crippen molar-refractivity contribution in [3.05, 3.63) is 29.8 Å². The van der Waals surface area contributed by atoms with Gasteiger partial charge in [0.2, 0.25) is 0 Å². The van der Waals surface area contributed by atoms with E-state index in [0.717, 1.165) is 18.4 Å². The summed E-state index contributed by atoms with van der Waals surface area (Å²) in [4.78, 5) is 16.9. The van der Waals surface area contributed by atoms with Crippen LogP contribution in [0, 0.1) is 0 Å². The number of rotatable bonds is 6. The molecule has 2 heterocycles. The highest BCUT2D eigenvalue weighted by molar-refractivity contribution is 6.02. The van der Waals surface area contributed by atoms with E-state index >= 15 is 0 Å². The number of ether oxygens (including phenoxy) is 2. The van der Waals surface area contributed by atoms with Gasteiger partial charge in [-0.1, -0.05) is 25.5 Å². The molecule has 148 valence electrons. The molecule has 0 aromatic heterocycles. The number of anilines is 1. The smallest absolute Gasteiger partial charge is 0.256 e. The third kappa shape index (κ3) is 3.50. The lowest BCUT2D eigenvalue weighted by molar-refractivity contribution is 0.0497. The van der Waals surface area contributed by atoms with Gasteiger partial charge in [-0.2, -0.15) is 0 Å². The van der Waals surface area contributed by atoms with Crippen LogP contribution in [0.3, 0.4) is 0 Å². The Morgan fingerprint density at radius 3 is 2.70 bits per heavy atom. The average Bonchev–Trinajstić information content (AvgIpc) is 3.00. The molecule has 1 amide bonds. The predicted molar refractivity (Wildman–Crippen MR) is 106 cm³/mol. The second kappa shape index (κ2) is 7.80. The minimum absolute atomic E-state index is 0.0113. The normalized spacial score (nSPS) is 22.0. The molecule has 1 N–H and O–H groups in total. The van der Waals surface area contributed by atoms with E-state index in [1.165, 1.54) is 0 Å².